The molecule has 0 radical (unpaired) electrons. The first-order chi connectivity index (χ1) is 13.3. The van der Waals surface area contributed by atoms with Crippen LogP contribution in [0.15, 0.2) is 78.9 Å². The molecule has 0 unspecified atom stereocenters. The lowest BCUT2D eigenvalue weighted by atomic mass is 9.88. The molecule has 3 aromatic carbocycles. The summed E-state index contributed by atoms with van der Waals surface area (Å²) in [6.07, 6.45) is -5.98. The van der Waals surface area contributed by atoms with Gasteiger partial charge in [-0.15, -0.1) is 0 Å². The van der Waals surface area contributed by atoms with Crippen molar-refractivity contribution in [1.29, 1.82) is 0 Å². The second kappa shape index (κ2) is 7.86. The van der Waals surface area contributed by atoms with Crippen LogP contribution in [0.5, 0.6) is 0 Å². The van der Waals surface area contributed by atoms with E-state index in [1.807, 2.05) is 30.3 Å². The minimum atomic E-state index is -4.50. The molecule has 0 heterocycles. The fourth-order valence-electron chi connectivity index (χ4n) is 3.04. The average molecular weight is 386 g/mol. The molecule has 2 N–H and O–H groups in total. The van der Waals surface area contributed by atoms with Gasteiger partial charge in [-0.05, 0) is 34.4 Å². The molecular weight excluding hydrogens is 369 g/mol. The number of carboxylic acid groups (broad SMARTS) is 1. The Morgan fingerprint density at radius 1 is 0.750 bits per heavy atom. The fourth-order valence-corrected chi connectivity index (χ4v) is 3.04. The van der Waals surface area contributed by atoms with Crippen molar-refractivity contribution in [3.8, 4) is 11.1 Å². The molecule has 6 heteroatoms. The lowest BCUT2D eigenvalue weighted by Gasteiger charge is -2.21. The SMILES string of the molecule is O=C(O)[C@@H](c1ccc(-c2ccccc2)cc1)[C@@H](O)c1ccc(C(F)(F)F)cc1. The summed E-state index contributed by atoms with van der Waals surface area (Å²) >= 11 is 0. The average Bonchev–Trinajstić information content (AvgIpc) is 2.68. The van der Waals surface area contributed by atoms with E-state index < -0.39 is 29.7 Å². The number of hydrogen-bond donors (Lipinski definition) is 2. The summed E-state index contributed by atoms with van der Waals surface area (Å²) in [6.45, 7) is 0. The number of carboxylic acids is 1. The normalized spacial score (nSPS) is 13.7. The molecule has 0 saturated carbocycles. The minimum absolute atomic E-state index is 0.104. The number of alkyl halides is 3. The molecule has 2 atom stereocenters. The largest absolute Gasteiger partial charge is 0.481 e. The van der Waals surface area contributed by atoms with Crippen LogP contribution in [0.4, 0.5) is 13.2 Å². The van der Waals surface area contributed by atoms with E-state index in [-0.39, 0.29) is 5.56 Å². The second-order valence-corrected chi connectivity index (χ2v) is 6.37. The van der Waals surface area contributed by atoms with Crippen molar-refractivity contribution in [2.24, 2.45) is 0 Å². The third-order valence-corrected chi connectivity index (χ3v) is 4.54. The first-order valence-corrected chi connectivity index (χ1v) is 8.51. The molecule has 0 spiro atoms. The Balaban J connectivity index is 1.88. The van der Waals surface area contributed by atoms with Crippen LogP contribution in [-0.2, 0) is 11.0 Å². The topological polar surface area (TPSA) is 57.5 Å². The van der Waals surface area contributed by atoms with Gasteiger partial charge in [-0.25, -0.2) is 0 Å². The number of hydrogen-bond acceptors (Lipinski definition) is 2. The summed E-state index contributed by atoms with van der Waals surface area (Å²) < 4.78 is 38.1. The van der Waals surface area contributed by atoms with E-state index in [0.29, 0.717) is 5.56 Å². The van der Waals surface area contributed by atoms with E-state index in [4.69, 9.17) is 0 Å². The van der Waals surface area contributed by atoms with E-state index in [1.165, 1.54) is 0 Å². The molecule has 144 valence electrons. The fraction of sp³-hybridized carbons (Fsp3) is 0.136. The van der Waals surface area contributed by atoms with Crippen LogP contribution in [0.1, 0.15) is 28.7 Å². The zero-order valence-electron chi connectivity index (χ0n) is 14.6. The van der Waals surface area contributed by atoms with Crippen molar-refractivity contribution >= 4 is 5.97 Å². The van der Waals surface area contributed by atoms with E-state index in [0.717, 1.165) is 35.4 Å². The summed E-state index contributed by atoms with van der Waals surface area (Å²) in [5, 5.41) is 20.1. The molecule has 0 fully saturated rings. The van der Waals surface area contributed by atoms with Gasteiger partial charge in [0.2, 0.25) is 0 Å². The molecule has 3 aromatic rings. The molecule has 0 aliphatic heterocycles. The molecule has 3 nitrogen and oxygen atoms in total. The third-order valence-electron chi connectivity index (χ3n) is 4.54. The van der Waals surface area contributed by atoms with Gasteiger partial charge in [-0.3, -0.25) is 4.79 Å². The molecule has 3 rings (SSSR count). The van der Waals surface area contributed by atoms with Crippen molar-refractivity contribution in [3.63, 3.8) is 0 Å². The second-order valence-electron chi connectivity index (χ2n) is 6.37. The monoisotopic (exact) mass is 386 g/mol. The van der Waals surface area contributed by atoms with Gasteiger partial charge in [-0.1, -0.05) is 66.7 Å². The van der Waals surface area contributed by atoms with Crippen LogP contribution >= 0.6 is 0 Å². The Kier molecular flexibility index (Phi) is 5.51. The van der Waals surface area contributed by atoms with Crippen molar-refractivity contribution in [3.05, 3.63) is 95.6 Å². The number of aliphatic hydroxyl groups is 1. The van der Waals surface area contributed by atoms with Gasteiger partial charge in [0.05, 0.1) is 11.7 Å². The number of rotatable bonds is 5. The standard InChI is InChI=1S/C22H17F3O3/c23-22(24,25)18-12-10-17(11-13-18)20(26)19(21(27)28)16-8-6-15(7-9-16)14-4-2-1-3-5-14/h1-13,19-20,26H,(H,27,28)/t19-,20-/m0/s1. The highest BCUT2D eigenvalue weighted by molar-refractivity contribution is 5.78. The Morgan fingerprint density at radius 3 is 1.75 bits per heavy atom. The maximum absolute atomic E-state index is 12.7. The zero-order valence-corrected chi connectivity index (χ0v) is 14.6. The summed E-state index contributed by atoms with van der Waals surface area (Å²) in [6, 6.07) is 20.1. The summed E-state index contributed by atoms with van der Waals surface area (Å²) in [5.74, 6) is -2.57. The minimum Gasteiger partial charge on any atom is -0.481 e. The number of aliphatic hydroxyl groups excluding tert-OH is 1. The van der Waals surface area contributed by atoms with Crippen molar-refractivity contribution < 1.29 is 28.2 Å². The maximum Gasteiger partial charge on any atom is 0.416 e. The van der Waals surface area contributed by atoms with Crippen molar-refractivity contribution in [1.82, 2.24) is 0 Å². The Bertz CT molecular complexity index is 934. The molecule has 0 aliphatic rings. The predicted octanol–water partition coefficient (Wildman–Crippen LogP) is 5.27. The van der Waals surface area contributed by atoms with Crippen molar-refractivity contribution in [2.75, 3.05) is 0 Å². The van der Waals surface area contributed by atoms with Crippen LogP contribution in [0.25, 0.3) is 11.1 Å². The van der Waals surface area contributed by atoms with Gasteiger partial charge in [0.15, 0.2) is 0 Å². The summed E-state index contributed by atoms with van der Waals surface area (Å²) in [5.41, 5.74) is 1.45. The summed E-state index contributed by atoms with van der Waals surface area (Å²) in [7, 11) is 0. The third kappa shape index (κ3) is 4.23. The maximum atomic E-state index is 12.7. The lowest BCUT2D eigenvalue weighted by molar-refractivity contribution is -0.142. The summed E-state index contributed by atoms with van der Waals surface area (Å²) in [4.78, 5) is 11.8. The van der Waals surface area contributed by atoms with Gasteiger partial charge >= 0.3 is 12.1 Å². The van der Waals surface area contributed by atoms with Crippen LogP contribution in [0.3, 0.4) is 0 Å². The van der Waals surface area contributed by atoms with Crippen LogP contribution in [0, 0.1) is 0 Å². The zero-order chi connectivity index (χ0) is 20.3. The molecule has 0 saturated heterocycles. The quantitative estimate of drug-likeness (QED) is 0.628. The van der Waals surface area contributed by atoms with Gasteiger partial charge in [0.25, 0.3) is 0 Å². The highest BCUT2D eigenvalue weighted by Gasteiger charge is 2.32. The van der Waals surface area contributed by atoms with Gasteiger partial charge < -0.3 is 10.2 Å². The molecule has 0 aliphatic carbocycles. The Hall–Kier alpha value is -3.12. The molecule has 0 amide bonds. The Labute approximate surface area is 159 Å². The van der Waals surface area contributed by atoms with E-state index in [2.05, 4.69) is 0 Å². The smallest absolute Gasteiger partial charge is 0.416 e. The Morgan fingerprint density at radius 2 is 1.25 bits per heavy atom. The van der Waals surface area contributed by atoms with Gasteiger partial charge in [0, 0.05) is 0 Å². The van der Waals surface area contributed by atoms with E-state index in [9.17, 15) is 28.2 Å². The number of carbonyl (C=O) groups is 1. The molecule has 0 bridgehead atoms. The van der Waals surface area contributed by atoms with Crippen LogP contribution in [-0.4, -0.2) is 16.2 Å². The number of aliphatic carboxylic acids is 1. The van der Waals surface area contributed by atoms with Crippen LogP contribution < -0.4 is 0 Å². The van der Waals surface area contributed by atoms with Crippen LogP contribution in [0.2, 0.25) is 0 Å². The lowest BCUT2D eigenvalue weighted by Crippen LogP contribution is -2.20. The first kappa shape index (κ1) is 19.6. The number of benzene rings is 3. The molecule has 28 heavy (non-hydrogen) atoms. The van der Waals surface area contributed by atoms with Gasteiger partial charge in [-0.2, -0.15) is 13.2 Å². The highest BCUT2D eigenvalue weighted by atomic mass is 19.4. The molecular formula is C22H17F3O3. The van der Waals surface area contributed by atoms with Crippen molar-refractivity contribution in [2.45, 2.75) is 18.2 Å². The van der Waals surface area contributed by atoms with E-state index >= 15 is 0 Å². The van der Waals surface area contributed by atoms with Gasteiger partial charge in [0.1, 0.15) is 5.92 Å². The highest BCUT2D eigenvalue weighted by Crippen LogP contribution is 2.35. The van der Waals surface area contributed by atoms with E-state index in [1.54, 1.807) is 24.3 Å². The number of halogens is 3. The molecule has 0 aromatic heterocycles. The predicted molar refractivity (Wildman–Crippen MR) is 98.7 cm³/mol. The first-order valence-electron chi connectivity index (χ1n) is 8.51.